The zero-order chi connectivity index (χ0) is 21.6. The highest BCUT2D eigenvalue weighted by molar-refractivity contribution is 9.10. The van der Waals surface area contributed by atoms with Crippen LogP contribution in [-0.4, -0.2) is 11.8 Å². The van der Waals surface area contributed by atoms with E-state index in [2.05, 4.69) is 26.6 Å². The summed E-state index contributed by atoms with van der Waals surface area (Å²) in [7, 11) is 0. The molecule has 152 valence electrons. The minimum Gasteiger partial charge on any atom is -0.321 e. The summed E-state index contributed by atoms with van der Waals surface area (Å²) >= 11 is 3.36. The van der Waals surface area contributed by atoms with Crippen LogP contribution in [0.4, 0.5) is 5.69 Å². The molecule has 0 aromatic heterocycles. The van der Waals surface area contributed by atoms with Crippen LogP contribution < -0.4 is 10.6 Å². The van der Waals surface area contributed by atoms with Crippen LogP contribution in [0.3, 0.4) is 0 Å². The normalized spacial score (nSPS) is 11.2. The quantitative estimate of drug-likeness (QED) is 0.350. The zero-order valence-electron chi connectivity index (χ0n) is 16.5. The molecule has 0 heterocycles. The summed E-state index contributed by atoms with van der Waals surface area (Å²) in [6, 6.07) is 30.0. The topological polar surface area (TPSA) is 58.2 Å². The average Bonchev–Trinajstić information content (AvgIpc) is 2.79. The van der Waals surface area contributed by atoms with Crippen LogP contribution >= 0.6 is 15.9 Å². The van der Waals surface area contributed by atoms with Crippen molar-refractivity contribution in [3.05, 3.63) is 118 Å². The molecule has 0 fully saturated rings. The molecule has 0 aliphatic rings. The monoisotopic (exact) mass is 470 g/mol. The van der Waals surface area contributed by atoms with E-state index in [0.717, 1.165) is 20.8 Å². The number of halogens is 1. The van der Waals surface area contributed by atoms with Crippen LogP contribution in [0, 0.1) is 0 Å². The Labute approximate surface area is 188 Å². The van der Waals surface area contributed by atoms with E-state index in [0.29, 0.717) is 11.3 Å². The second-order valence-corrected chi connectivity index (χ2v) is 7.86. The molecule has 0 atom stereocenters. The van der Waals surface area contributed by atoms with Gasteiger partial charge in [0.1, 0.15) is 5.70 Å². The van der Waals surface area contributed by atoms with Crippen molar-refractivity contribution in [3.8, 4) is 0 Å². The second kappa shape index (κ2) is 9.41. The molecule has 31 heavy (non-hydrogen) atoms. The van der Waals surface area contributed by atoms with Crippen molar-refractivity contribution in [3.63, 3.8) is 0 Å². The standard InChI is InChI=1S/C26H19BrN2O2/c27-22-13-10-20(11-14-22)25(30)29-24(16-18-6-2-1-3-7-18)26(31)28-23-15-12-19-8-4-5-9-21(19)17-23/h1-17H,(H,28,31)(H,29,30)/b24-16-. The van der Waals surface area contributed by atoms with E-state index in [9.17, 15) is 9.59 Å². The fourth-order valence-electron chi connectivity index (χ4n) is 3.14. The van der Waals surface area contributed by atoms with E-state index in [-0.39, 0.29) is 11.6 Å². The van der Waals surface area contributed by atoms with Crippen molar-refractivity contribution in [2.24, 2.45) is 0 Å². The molecule has 0 saturated heterocycles. The Balaban J connectivity index is 1.61. The largest absolute Gasteiger partial charge is 0.321 e. The van der Waals surface area contributed by atoms with Crippen molar-refractivity contribution >= 4 is 50.3 Å². The highest BCUT2D eigenvalue weighted by Crippen LogP contribution is 2.20. The number of amides is 2. The first kappa shape index (κ1) is 20.6. The van der Waals surface area contributed by atoms with E-state index in [1.54, 1.807) is 30.3 Å². The maximum atomic E-state index is 13.1. The molecular weight excluding hydrogens is 452 g/mol. The number of hydrogen-bond acceptors (Lipinski definition) is 2. The summed E-state index contributed by atoms with van der Waals surface area (Å²) in [5.41, 5.74) is 2.08. The SMILES string of the molecule is O=C(Nc1ccc2ccccc2c1)/C(=C/c1ccccc1)NC(=O)c1ccc(Br)cc1. The first-order valence-electron chi connectivity index (χ1n) is 9.72. The van der Waals surface area contributed by atoms with Crippen molar-refractivity contribution in [1.82, 2.24) is 5.32 Å². The van der Waals surface area contributed by atoms with E-state index in [4.69, 9.17) is 0 Å². The summed E-state index contributed by atoms with van der Waals surface area (Å²) in [5.74, 6) is -0.757. The molecule has 2 N–H and O–H groups in total. The lowest BCUT2D eigenvalue weighted by Crippen LogP contribution is -2.30. The van der Waals surface area contributed by atoms with Crippen LogP contribution in [0.2, 0.25) is 0 Å². The van der Waals surface area contributed by atoms with E-state index >= 15 is 0 Å². The maximum Gasteiger partial charge on any atom is 0.272 e. The fourth-order valence-corrected chi connectivity index (χ4v) is 3.40. The van der Waals surface area contributed by atoms with Crippen molar-refractivity contribution < 1.29 is 9.59 Å². The molecule has 0 saturated carbocycles. The van der Waals surface area contributed by atoms with Crippen molar-refractivity contribution in [2.45, 2.75) is 0 Å². The Bertz CT molecular complexity index is 1270. The minimum atomic E-state index is -0.399. The summed E-state index contributed by atoms with van der Waals surface area (Å²) in [5, 5.41) is 7.75. The summed E-state index contributed by atoms with van der Waals surface area (Å²) in [6.45, 7) is 0. The number of benzene rings is 4. The minimum absolute atomic E-state index is 0.160. The average molecular weight is 471 g/mol. The molecule has 0 radical (unpaired) electrons. The summed E-state index contributed by atoms with van der Waals surface area (Å²) in [6.07, 6.45) is 1.66. The van der Waals surface area contributed by atoms with Gasteiger partial charge in [-0.2, -0.15) is 0 Å². The molecule has 0 spiro atoms. The van der Waals surface area contributed by atoms with Gasteiger partial charge in [0.05, 0.1) is 0 Å². The van der Waals surface area contributed by atoms with Crippen LogP contribution in [0.1, 0.15) is 15.9 Å². The molecular formula is C26H19BrN2O2. The second-order valence-electron chi connectivity index (χ2n) is 6.95. The molecule has 5 heteroatoms. The Kier molecular flexibility index (Phi) is 6.24. The molecule has 2 amide bonds. The molecule has 0 bridgehead atoms. The van der Waals surface area contributed by atoms with Gasteiger partial charge in [0.15, 0.2) is 0 Å². The van der Waals surface area contributed by atoms with Gasteiger partial charge in [-0.3, -0.25) is 9.59 Å². The van der Waals surface area contributed by atoms with Gasteiger partial charge in [0, 0.05) is 15.7 Å². The number of carbonyl (C=O) groups is 2. The lowest BCUT2D eigenvalue weighted by Gasteiger charge is -2.12. The Morgan fingerprint density at radius 3 is 2.16 bits per heavy atom. The van der Waals surface area contributed by atoms with Crippen LogP contribution in [-0.2, 0) is 4.79 Å². The van der Waals surface area contributed by atoms with Crippen LogP contribution in [0.5, 0.6) is 0 Å². The van der Waals surface area contributed by atoms with Crippen molar-refractivity contribution in [1.29, 1.82) is 0 Å². The molecule has 0 aliphatic carbocycles. The van der Waals surface area contributed by atoms with Gasteiger partial charge in [-0.1, -0.05) is 76.6 Å². The third-order valence-electron chi connectivity index (χ3n) is 4.72. The van der Waals surface area contributed by atoms with Gasteiger partial charge in [0.25, 0.3) is 11.8 Å². The van der Waals surface area contributed by atoms with Gasteiger partial charge in [0.2, 0.25) is 0 Å². The molecule has 4 aromatic rings. The van der Waals surface area contributed by atoms with Gasteiger partial charge in [-0.05, 0) is 58.8 Å². The third kappa shape index (κ3) is 5.27. The highest BCUT2D eigenvalue weighted by Gasteiger charge is 2.15. The van der Waals surface area contributed by atoms with Crippen LogP contribution in [0.25, 0.3) is 16.8 Å². The highest BCUT2D eigenvalue weighted by atomic mass is 79.9. The Morgan fingerprint density at radius 2 is 1.42 bits per heavy atom. The van der Waals surface area contributed by atoms with E-state index < -0.39 is 5.91 Å². The molecule has 4 rings (SSSR count). The first-order valence-corrected chi connectivity index (χ1v) is 10.5. The Morgan fingerprint density at radius 1 is 0.742 bits per heavy atom. The number of nitrogens with one attached hydrogen (secondary N) is 2. The van der Waals surface area contributed by atoms with Gasteiger partial charge >= 0.3 is 0 Å². The predicted octanol–water partition coefficient (Wildman–Crippen LogP) is 6.01. The first-order chi connectivity index (χ1) is 15.1. The van der Waals surface area contributed by atoms with Gasteiger partial charge < -0.3 is 10.6 Å². The maximum absolute atomic E-state index is 13.1. The summed E-state index contributed by atoms with van der Waals surface area (Å²) in [4.78, 5) is 25.8. The Hall–Kier alpha value is -3.70. The molecule has 0 aliphatic heterocycles. The predicted molar refractivity (Wildman–Crippen MR) is 129 cm³/mol. The summed E-state index contributed by atoms with van der Waals surface area (Å²) < 4.78 is 0.873. The number of anilines is 1. The lowest BCUT2D eigenvalue weighted by atomic mass is 10.1. The van der Waals surface area contributed by atoms with E-state index in [1.165, 1.54) is 0 Å². The molecule has 4 nitrogen and oxygen atoms in total. The fraction of sp³-hybridized carbons (Fsp3) is 0. The molecule has 0 unspecified atom stereocenters. The zero-order valence-corrected chi connectivity index (χ0v) is 18.1. The molecule has 4 aromatic carbocycles. The van der Waals surface area contributed by atoms with Crippen molar-refractivity contribution in [2.75, 3.05) is 5.32 Å². The van der Waals surface area contributed by atoms with Crippen LogP contribution in [0.15, 0.2) is 107 Å². The number of carbonyl (C=O) groups excluding carboxylic acids is 2. The number of fused-ring (bicyclic) bond motifs is 1. The number of rotatable bonds is 5. The number of hydrogen-bond donors (Lipinski definition) is 2. The smallest absolute Gasteiger partial charge is 0.272 e. The van der Waals surface area contributed by atoms with Gasteiger partial charge in [-0.15, -0.1) is 0 Å². The third-order valence-corrected chi connectivity index (χ3v) is 5.25. The lowest BCUT2D eigenvalue weighted by molar-refractivity contribution is -0.113. The van der Waals surface area contributed by atoms with E-state index in [1.807, 2.05) is 72.8 Å². The van der Waals surface area contributed by atoms with Gasteiger partial charge in [-0.25, -0.2) is 0 Å².